The predicted molar refractivity (Wildman–Crippen MR) is 51.3 cm³/mol. The molecule has 0 fully saturated rings. The molecule has 74 valence electrons. The average molecular weight is 192 g/mol. The van der Waals surface area contributed by atoms with Gasteiger partial charge in [-0.25, -0.2) is 0 Å². The molecule has 0 N–H and O–H groups in total. The van der Waals surface area contributed by atoms with Gasteiger partial charge in [-0.1, -0.05) is 18.2 Å². The molecule has 0 unspecified atom stereocenters. The predicted octanol–water partition coefficient (Wildman–Crippen LogP) is 1.72. The summed E-state index contributed by atoms with van der Waals surface area (Å²) in [5, 5.41) is 0. The Kier molecular flexibility index (Phi) is 2.15. The fourth-order valence-electron chi connectivity index (χ4n) is 1.81. The van der Waals surface area contributed by atoms with Gasteiger partial charge in [0.2, 0.25) is 0 Å². The van der Waals surface area contributed by atoms with Gasteiger partial charge in [0.15, 0.2) is 0 Å². The molecule has 0 aliphatic carbocycles. The zero-order chi connectivity index (χ0) is 10.1. The van der Waals surface area contributed by atoms with Crippen molar-refractivity contribution in [2.75, 3.05) is 7.11 Å². The van der Waals surface area contributed by atoms with Crippen molar-refractivity contribution in [3.63, 3.8) is 0 Å². The number of para-hydroxylation sites is 1. The van der Waals surface area contributed by atoms with Crippen molar-refractivity contribution in [3.8, 4) is 5.75 Å². The molecule has 1 aromatic rings. The summed E-state index contributed by atoms with van der Waals surface area (Å²) in [5.41, 5.74) is 0.923. The van der Waals surface area contributed by atoms with Gasteiger partial charge in [-0.2, -0.15) is 0 Å². The highest BCUT2D eigenvalue weighted by atomic mass is 16.5. The van der Waals surface area contributed by atoms with E-state index >= 15 is 0 Å². The molecule has 0 bridgehead atoms. The van der Waals surface area contributed by atoms with Gasteiger partial charge in [0.25, 0.3) is 0 Å². The number of fused-ring (bicyclic) bond motifs is 1. The number of hydrogen-bond donors (Lipinski definition) is 0. The van der Waals surface area contributed by atoms with Crippen LogP contribution in [-0.4, -0.2) is 19.2 Å². The number of hydrogen-bond acceptors (Lipinski definition) is 3. The molecule has 0 amide bonds. The second-order valence-corrected chi connectivity index (χ2v) is 3.36. The quantitative estimate of drug-likeness (QED) is 0.635. The van der Waals surface area contributed by atoms with Gasteiger partial charge < -0.3 is 9.47 Å². The summed E-state index contributed by atoms with van der Waals surface area (Å²) in [6.07, 6.45) is -0.139. The summed E-state index contributed by atoms with van der Waals surface area (Å²) in [4.78, 5) is 11.5. The van der Waals surface area contributed by atoms with Crippen molar-refractivity contribution in [3.05, 3.63) is 29.8 Å². The Labute approximate surface area is 82.6 Å². The molecule has 1 heterocycles. The van der Waals surface area contributed by atoms with Crippen LogP contribution < -0.4 is 4.74 Å². The molecule has 2 atom stereocenters. The van der Waals surface area contributed by atoms with Gasteiger partial charge in [0.1, 0.15) is 17.8 Å². The monoisotopic (exact) mass is 192 g/mol. The first-order chi connectivity index (χ1) is 6.74. The second-order valence-electron chi connectivity index (χ2n) is 3.36. The zero-order valence-electron chi connectivity index (χ0n) is 8.19. The first kappa shape index (κ1) is 9.06. The van der Waals surface area contributed by atoms with E-state index in [-0.39, 0.29) is 18.0 Å². The SMILES string of the molecule is COC(=O)[C@H]1c2ccccc2O[C@H]1C. The lowest BCUT2D eigenvalue weighted by Crippen LogP contribution is -2.23. The Morgan fingerprint density at radius 1 is 1.43 bits per heavy atom. The first-order valence-corrected chi connectivity index (χ1v) is 4.57. The Morgan fingerprint density at radius 2 is 2.14 bits per heavy atom. The van der Waals surface area contributed by atoms with E-state index in [2.05, 4.69) is 0 Å². The van der Waals surface area contributed by atoms with E-state index in [1.807, 2.05) is 31.2 Å². The molecule has 3 heteroatoms. The summed E-state index contributed by atoms with van der Waals surface area (Å²) in [6, 6.07) is 7.57. The number of methoxy groups -OCH3 is 1. The Balaban J connectivity index is 2.39. The third-order valence-corrected chi connectivity index (χ3v) is 2.49. The highest BCUT2D eigenvalue weighted by molar-refractivity contribution is 5.81. The molecule has 14 heavy (non-hydrogen) atoms. The zero-order valence-corrected chi connectivity index (χ0v) is 8.19. The smallest absolute Gasteiger partial charge is 0.317 e. The fourth-order valence-corrected chi connectivity index (χ4v) is 1.81. The maximum Gasteiger partial charge on any atom is 0.317 e. The molecule has 0 spiro atoms. The van der Waals surface area contributed by atoms with Gasteiger partial charge >= 0.3 is 5.97 Å². The number of carbonyl (C=O) groups excluding carboxylic acids is 1. The number of rotatable bonds is 1. The summed E-state index contributed by atoms with van der Waals surface area (Å²) < 4.78 is 10.3. The van der Waals surface area contributed by atoms with Crippen LogP contribution in [-0.2, 0) is 9.53 Å². The molecule has 0 radical (unpaired) electrons. The fraction of sp³-hybridized carbons (Fsp3) is 0.364. The Hall–Kier alpha value is -1.51. The number of ether oxygens (including phenoxy) is 2. The third-order valence-electron chi connectivity index (χ3n) is 2.49. The van der Waals surface area contributed by atoms with E-state index in [1.54, 1.807) is 0 Å². The standard InChI is InChI=1S/C11H12O3/c1-7-10(11(12)13-2)8-5-3-4-6-9(8)14-7/h3-7,10H,1-2H3/t7-,10+/m0/s1. The van der Waals surface area contributed by atoms with Crippen molar-refractivity contribution >= 4 is 5.97 Å². The molecule has 3 nitrogen and oxygen atoms in total. The lowest BCUT2D eigenvalue weighted by Gasteiger charge is -2.11. The van der Waals surface area contributed by atoms with Crippen LogP contribution in [0.3, 0.4) is 0 Å². The molecule has 0 saturated carbocycles. The van der Waals surface area contributed by atoms with Crippen LogP contribution in [0.1, 0.15) is 18.4 Å². The molecule has 2 rings (SSSR count). The van der Waals surface area contributed by atoms with Gasteiger partial charge in [0.05, 0.1) is 7.11 Å². The van der Waals surface area contributed by atoms with E-state index in [0.717, 1.165) is 11.3 Å². The van der Waals surface area contributed by atoms with Gasteiger partial charge in [-0.3, -0.25) is 4.79 Å². The first-order valence-electron chi connectivity index (χ1n) is 4.57. The van der Waals surface area contributed by atoms with E-state index in [0.29, 0.717) is 0 Å². The van der Waals surface area contributed by atoms with Crippen molar-refractivity contribution in [2.45, 2.75) is 18.9 Å². The maximum absolute atomic E-state index is 11.5. The number of carbonyl (C=O) groups is 1. The molecular weight excluding hydrogens is 180 g/mol. The highest BCUT2D eigenvalue weighted by Crippen LogP contribution is 2.38. The summed E-state index contributed by atoms with van der Waals surface area (Å²) in [5.74, 6) is 0.272. The van der Waals surface area contributed by atoms with Crippen LogP contribution >= 0.6 is 0 Å². The Bertz CT molecular complexity index is 359. The summed E-state index contributed by atoms with van der Waals surface area (Å²) >= 11 is 0. The number of benzene rings is 1. The van der Waals surface area contributed by atoms with Crippen LogP contribution in [0.15, 0.2) is 24.3 Å². The topological polar surface area (TPSA) is 35.5 Å². The summed E-state index contributed by atoms with van der Waals surface area (Å²) in [7, 11) is 1.40. The summed E-state index contributed by atoms with van der Waals surface area (Å²) in [6.45, 7) is 1.88. The van der Waals surface area contributed by atoms with Crippen molar-refractivity contribution in [1.82, 2.24) is 0 Å². The van der Waals surface area contributed by atoms with Crippen LogP contribution in [0, 0.1) is 0 Å². The van der Waals surface area contributed by atoms with Gasteiger partial charge in [-0.15, -0.1) is 0 Å². The largest absolute Gasteiger partial charge is 0.489 e. The molecular formula is C11H12O3. The minimum atomic E-state index is -0.281. The van der Waals surface area contributed by atoms with Crippen LogP contribution in [0.25, 0.3) is 0 Å². The van der Waals surface area contributed by atoms with Crippen molar-refractivity contribution in [2.24, 2.45) is 0 Å². The van der Waals surface area contributed by atoms with E-state index in [9.17, 15) is 4.79 Å². The van der Waals surface area contributed by atoms with E-state index < -0.39 is 0 Å². The van der Waals surface area contributed by atoms with Crippen molar-refractivity contribution < 1.29 is 14.3 Å². The molecule has 1 aliphatic heterocycles. The second kappa shape index (κ2) is 3.33. The lowest BCUT2D eigenvalue weighted by atomic mass is 9.97. The van der Waals surface area contributed by atoms with E-state index in [1.165, 1.54) is 7.11 Å². The normalized spacial score (nSPS) is 23.9. The molecule has 1 aromatic carbocycles. The van der Waals surface area contributed by atoms with Crippen LogP contribution in [0.5, 0.6) is 5.75 Å². The van der Waals surface area contributed by atoms with Crippen molar-refractivity contribution in [1.29, 1.82) is 0 Å². The minimum Gasteiger partial charge on any atom is -0.489 e. The average Bonchev–Trinajstić information content (AvgIpc) is 2.53. The number of esters is 1. The molecule has 0 saturated heterocycles. The van der Waals surface area contributed by atoms with Crippen LogP contribution in [0.4, 0.5) is 0 Å². The van der Waals surface area contributed by atoms with Gasteiger partial charge in [0, 0.05) is 5.56 Å². The van der Waals surface area contributed by atoms with E-state index in [4.69, 9.17) is 9.47 Å². The maximum atomic E-state index is 11.5. The Morgan fingerprint density at radius 3 is 2.86 bits per heavy atom. The van der Waals surface area contributed by atoms with Gasteiger partial charge in [-0.05, 0) is 13.0 Å². The minimum absolute atomic E-state index is 0.139. The molecule has 0 aromatic heterocycles. The van der Waals surface area contributed by atoms with Crippen LogP contribution in [0.2, 0.25) is 0 Å². The highest BCUT2D eigenvalue weighted by Gasteiger charge is 2.37. The lowest BCUT2D eigenvalue weighted by molar-refractivity contribution is -0.143. The molecule has 1 aliphatic rings. The third kappa shape index (κ3) is 1.25.